The van der Waals surface area contributed by atoms with Crippen LogP contribution in [0, 0.1) is 16.0 Å². The number of aliphatic carboxylic acids is 1. The molecule has 1 N–H and O–H groups in total. The van der Waals surface area contributed by atoms with Crippen molar-refractivity contribution in [3.63, 3.8) is 0 Å². The molecule has 1 aromatic carbocycles. The Morgan fingerprint density at radius 3 is 2.50 bits per heavy atom. The van der Waals surface area contributed by atoms with Gasteiger partial charge in [0.25, 0.3) is 11.6 Å². The number of rotatable bonds is 4. The first kappa shape index (κ1) is 18.2. The first-order valence-corrected chi connectivity index (χ1v) is 8.95. The molecule has 0 aliphatic carbocycles. The van der Waals surface area contributed by atoms with Crippen LogP contribution in [0.25, 0.3) is 0 Å². The van der Waals surface area contributed by atoms with Crippen LogP contribution in [0.15, 0.2) is 18.2 Å². The average Bonchev–Trinajstić information content (AvgIpc) is 3.11. The molecule has 0 aromatic heterocycles. The lowest BCUT2D eigenvalue weighted by Crippen LogP contribution is -2.40. The smallest absolute Gasteiger partial charge is 0.326 e. The number of carbonyl (C=O) groups excluding carboxylic acids is 1. The Labute approximate surface area is 151 Å². The highest BCUT2D eigenvalue weighted by molar-refractivity contribution is 5.98. The number of carbonyl (C=O) groups is 2. The van der Waals surface area contributed by atoms with Crippen molar-refractivity contribution in [1.29, 1.82) is 0 Å². The summed E-state index contributed by atoms with van der Waals surface area (Å²) >= 11 is 0. The van der Waals surface area contributed by atoms with Crippen molar-refractivity contribution in [2.45, 2.75) is 38.6 Å². The third-order valence-electron chi connectivity index (χ3n) is 5.34. The predicted molar refractivity (Wildman–Crippen MR) is 95.4 cm³/mol. The molecule has 2 heterocycles. The molecule has 2 aliphatic rings. The molecule has 3 rings (SSSR count). The molecular weight excluding hydrogens is 338 g/mol. The van der Waals surface area contributed by atoms with Gasteiger partial charge >= 0.3 is 5.97 Å². The van der Waals surface area contributed by atoms with Crippen molar-refractivity contribution >= 4 is 23.3 Å². The maximum Gasteiger partial charge on any atom is 0.326 e. The number of nitro benzene ring substituents is 1. The van der Waals surface area contributed by atoms with Crippen LogP contribution in [0.3, 0.4) is 0 Å². The Morgan fingerprint density at radius 1 is 1.19 bits per heavy atom. The zero-order valence-electron chi connectivity index (χ0n) is 14.8. The van der Waals surface area contributed by atoms with E-state index in [0.717, 1.165) is 25.9 Å². The minimum Gasteiger partial charge on any atom is -0.480 e. The molecule has 1 aromatic rings. The number of hydrogen-bond donors (Lipinski definition) is 1. The van der Waals surface area contributed by atoms with E-state index in [1.54, 1.807) is 12.1 Å². The Balaban J connectivity index is 1.87. The SMILES string of the molecule is CC1CCN(c2ccc(C(=O)N3CCC[C@@H]3C(=O)O)cc2[N+](=O)[O-])CC1. The van der Waals surface area contributed by atoms with Crippen LogP contribution in [0.4, 0.5) is 11.4 Å². The molecule has 8 heteroatoms. The number of carboxylic acids is 1. The molecule has 2 aliphatic heterocycles. The third kappa shape index (κ3) is 3.49. The second-order valence-electron chi connectivity index (χ2n) is 7.12. The van der Waals surface area contributed by atoms with E-state index in [2.05, 4.69) is 6.92 Å². The lowest BCUT2D eigenvalue weighted by Gasteiger charge is -2.31. The molecule has 0 unspecified atom stereocenters. The molecule has 8 nitrogen and oxygen atoms in total. The molecule has 1 amide bonds. The maximum absolute atomic E-state index is 12.7. The summed E-state index contributed by atoms with van der Waals surface area (Å²) in [5.41, 5.74) is 0.588. The Bertz CT molecular complexity index is 728. The van der Waals surface area contributed by atoms with Gasteiger partial charge in [0.2, 0.25) is 0 Å². The van der Waals surface area contributed by atoms with E-state index in [1.165, 1.54) is 11.0 Å². The van der Waals surface area contributed by atoms with Crippen LogP contribution in [0.5, 0.6) is 0 Å². The van der Waals surface area contributed by atoms with E-state index in [0.29, 0.717) is 31.0 Å². The van der Waals surface area contributed by atoms with E-state index in [1.807, 2.05) is 4.90 Å². The van der Waals surface area contributed by atoms with Crippen LogP contribution in [0.2, 0.25) is 0 Å². The number of benzene rings is 1. The van der Waals surface area contributed by atoms with Gasteiger partial charge in [-0.25, -0.2) is 4.79 Å². The molecule has 2 saturated heterocycles. The van der Waals surface area contributed by atoms with E-state index < -0.39 is 22.8 Å². The number of anilines is 1. The number of amides is 1. The number of hydrogen-bond acceptors (Lipinski definition) is 5. The predicted octanol–water partition coefficient (Wildman–Crippen LogP) is 2.52. The summed E-state index contributed by atoms with van der Waals surface area (Å²) in [5.74, 6) is -0.893. The molecule has 0 bridgehead atoms. The lowest BCUT2D eigenvalue weighted by molar-refractivity contribution is -0.384. The van der Waals surface area contributed by atoms with E-state index in [9.17, 15) is 24.8 Å². The van der Waals surface area contributed by atoms with Crippen LogP contribution < -0.4 is 4.90 Å². The van der Waals surface area contributed by atoms with Crippen LogP contribution in [-0.4, -0.2) is 52.5 Å². The topological polar surface area (TPSA) is 104 Å². The number of piperidine rings is 1. The molecule has 0 saturated carbocycles. The van der Waals surface area contributed by atoms with Gasteiger partial charge in [-0.3, -0.25) is 14.9 Å². The fraction of sp³-hybridized carbons (Fsp3) is 0.556. The van der Waals surface area contributed by atoms with E-state index in [4.69, 9.17) is 0 Å². The highest BCUT2D eigenvalue weighted by Crippen LogP contribution is 2.33. The molecule has 0 spiro atoms. The zero-order valence-corrected chi connectivity index (χ0v) is 14.8. The van der Waals surface area contributed by atoms with Gasteiger partial charge in [0.05, 0.1) is 4.92 Å². The van der Waals surface area contributed by atoms with E-state index >= 15 is 0 Å². The Hall–Kier alpha value is -2.64. The standard InChI is InChI=1S/C18H23N3O5/c1-12-6-9-19(10-7-12)14-5-4-13(11-16(14)21(25)26)17(22)20-8-2-3-15(20)18(23)24/h4-5,11-12,15H,2-3,6-10H2,1H3,(H,23,24)/t15-/m1/s1. The van der Waals surface area contributed by atoms with Gasteiger partial charge in [0.15, 0.2) is 0 Å². The molecule has 140 valence electrons. The summed E-state index contributed by atoms with van der Waals surface area (Å²) in [7, 11) is 0. The maximum atomic E-state index is 12.7. The van der Waals surface area contributed by atoms with Crippen molar-refractivity contribution in [3.05, 3.63) is 33.9 Å². The van der Waals surface area contributed by atoms with Crippen molar-refractivity contribution in [3.8, 4) is 0 Å². The minimum atomic E-state index is -1.04. The summed E-state index contributed by atoms with van der Waals surface area (Å²) in [5, 5.41) is 20.8. The average molecular weight is 361 g/mol. The highest BCUT2D eigenvalue weighted by atomic mass is 16.6. The Kier molecular flexibility index (Phi) is 5.11. The van der Waals surface area contributed by atoms with Gasteiger partial charge in [-0.15, -0.1) is 0 Å². The summed E-state index contributed by atoms with van der Waals surface area (Å²) in [6.07, 6.45) is 2.99. The number of likely N-dealkylation sites (tertiary alicyclic amines) is 1. The second kappa shape index (κ2) is 7.31. The second-order valence-corrected chi connectivity index (χ2v) is 7.12. The molecule has 2 fully saturated rings. The van der Waals surface area contributed by atoms with Crippen LogP contribution in [-0.2, 0) is 4.79 Å². The van der Waals surface area contributed by atoms with Crippen molar-refractivity contribution in [1.82, 2.24) is 4.90 Å². The van der Waals surface area contributed by atoms with E-state index in [-0.39, 0.29) is 11.3 Å². The summed E-state index contributed by atoms with van der Waals surface area (Å²) < 4.78 is 0. The van der Waals surface area contributed by atoms with Crippen molar-refractivity contribution < 1.29 is 19.6 Å². The molecular formula is C18H23N3O5. The van der Waals surface area contributed by atoms with Gasteiger partial charge < -0.3 is 14.9 Å². The fourth-order valence-corrected chi connectivity index (χ4v) is 3.75. The van der Waals surface area contributed by atoms with Crippen molar-refractivity contribution in [2.75, 3.05) is 24.5 Å². The summed E-state index contributed by atoms with van der Waals surface area (Å²) in [6.45, 7) is 4.03. The third-order valence-corrected chi connectivity index (χ3v) is 5.34. The largest absolute Gasteiger partial charge is 0.480 e. The summed E-state index contributed by atoms with van der Waals surface area (Å²) in [6, 6.07) is 3.62. The molecule has 0 radical (unpaired) electrons. The minimum absolute atomic E-state index is 0.100. The monoisotopic (exact) mass is 361 g/mol. The van der Waals surface area contributed by atoms with Gasteiger partial charge in [-0.05, 0) is 43.7 Å². The van der Waals surface area contributed by atoms with Gasteiger partial charge in [0, 0.05) is 31.3 Å². The van der Waals surface area contributed by atoms with Gasteiger partial charge in [-0.1, -0.05) is 6.92 Å². The molecule has 26 heavy (non-hydrogen) atoms. The Morgan fingerprint density at radius 2 is 1.88 bits per heavy atom. The summed E-state index contributed by atoms with van der Waals surface area (Å²) in [4.78, 5) is 38.4. The number of nitro groups is 1. The van der Waals surface area contributed by atoms with Crippen LogP contribution in [0.1, 0.15) is 43.0 Å². The van der Waals surface area contributed by atoms with Crippen LogP contribution >= 0.6 is 0 Å². The zero-order chi connectivity index (χ0) is 18.8. The molecule has 1 atom stereocenters. The number of carboxylic acid groups (broad SMARTS) is 1. The van der Waals surface area contributed by atoms with Crippen molar-refractivity contribution in [2.24, 2.45) is 5.92 Å². The normalized spacial score (nSPS) is 21.0. The van der Waals surface area contributed by atoms with Gasteiger partial charge in [0.1, 0.15) is 11.7 Å². The lowest BCUT2D eigenvalue weighted by atomic mass is 9.98. The number of nitrogens with zero attached hydrogens (tertiary/aromatic N) is 3. The fourth-order valence-electron chi connectivity index (χ4n) is 3.75. The first-order chi connectivity index (χ1) is 12.4. The quantitative estimate of drug-likeness (QED) is 0.653. The highest BCUT2D eigenvalue weighted by Gasteiger charge is 2.35. The first-order valence-electron chi connectivity index (χ1n) is 8.95. The van der Waals surface area contributed by atoms with Gasteiger partial charge in [-0.2, -0.15) is 0 Å².